The number of amides is 3. The van der Waals surface area contributed by atoms with Crippen LogP contribution in [0.25, 0.3) is 0 Å². The summed E-state index contributed by atoms with van der Waals surface area (Å²) in [6, 6.07) is -0.914. The Labute approximate surface area is 381 Å². The van der Waals surface area contributed by atoms with Crippen LogP contribution in [0.2, 0.25) is 0 Å². The molecule has 0 unspecified atom stereocenters. The number of ketones is 3. The van der Waals surface area contributed by atoms with E-state index in [9.17, 15) is 38.7 Å². The highest BCUT2D eigenvalue weighted by molar-refractivity contribution is 9.09. The van der Waals surface area contributed by atoms with E-state index >= 15 is 0 Å². The lowest BCUT2D eigenvalue weighted by Gasteiger charge is -2.39. The Morgan fingerprint density at radius 3 is 2.25 bits per heavy atom. The average Bonchev–Trinajstić information content (AvgIpc) is 3.99. The molecule has 0 bridgehead atoms. The number of esters is 1. The highest BCUT2D eigenvalue weighted by Crippen LogP contribution is 2.43. The Morgan fingerprint density at radius 2 is 1.62 bits per heavy atom. The fraction of sp³-hybridized carbons (Fsp3) is 0.723. The molecule has 0 radical (unpaired) electrons. The van der Waals surface area contributed by atoms with Crippen molar-refractivity contribution in [3.8, 4) is 0 Å². The average molecular weight is 951 g/mol. The van der Waals surface area contributed by atoms with Gasteiger partial charge in [0, 0.05) is 51.0 Å². The van der Waals surface area contributed by atoms with E-state index in [4.69, 9.17) is 18.9 Å². The molecule has 16 heteroatoms. The minimum absolute atomic E-state index is 0.00123. The normalized spacial score (nSPS) is 27.5. The van der Waals surface area contributed by atoms with Crippen molar-refractivity contribution in [3.63, 3.8) is 0 Å². The summed E-state index contributed by atoms with van der Waals surface area (Å²) in [5, 5.41) is 20.0. The van der Waals surface area contributed by atoms with Gasteiger partial charge in [-0.05, 0) is 64.4 Å². The van der Waals surface area contributed by atoms with Crippen LogP contribution in [-0.4, -0.2) is 119 Å². The number of aliphatic hydroxyl groups excluding tert-OH is 1. The Hall–Kier alpha value is -3.57. The lowest BCUT2D eigenvalue weighted by molar-refractivity contribution is -0.144. The molecule has 3 amide bonds. The van der Waals surface area contributed by atoms with Crippen molar-refractivity contribution in [2.24, 2.45) is 17.8 Å². The molecule has 11 atom stereocenters. The van der Waals surface area contributed by atoms with Gasteiger partial charge in [-0.15, -0.1) is 0 Å². The molecule has 3 rings (SSSR count). The molecule has 354 valence electrons. The zero-order chi connectivity index (χ0) is 46.9. The second-order valence-corrected chi connectivity index (χ2v) is 18.6. The lowest BCUT2D eigenvalue weighted by atomic mass is 9.87. The van der Waals surface area contributed by atoms with Crippen LogP contribution < -0.4 is 16.0 Å². The van der Waals surface area contributed by atoms with Gasteiger partial charge in [0.2, 0.25) is 17.7 Å². The molecule has 3 fully saturated rings. The van der Waals surface area contributed by atoms with Gasteiger partial charge in [0.15, 0.2) is 11.6 Å². The van der Waals surface area contributed by atoms with Crippen molar-refractivity contribution in [3.05, 3.63) is 36.0 Å². The van der Waals surface area contributed by atoms with Crippen LogP contribution in [0.1, 0.15) is 126 Å². The second-order valence-electron chi connectivity index (χ2n) is 18.1. The third-order valence-corrected chi connectivity index (χ3v) is 12.5. The third-order valence-electron chi connectivity index (χ3n) is 11.9. The number of halogens is 1. The molecule has 3 saturated heterocycles. The zero-order valence-electron chi connectivity index (χ0n) is 38.5. The van der Waals surface area contributed by atoms with Crippen molar-refractivity contribution >= 4 is 57.0 Å². The number of nitrogens with one attached hydrogen (secondary N) is 3. The SMILES string of the molecule is CC(=O)O[C@@H](C)/C=C\C(=O)N[C@@H]1C[C@H](C)[C@H](C/C=C(C)/C=C/[C@H]2O[C@H](CC(=O)CNC(=O)[C@H](C)CC(=O)[C@@H](NC(=O)CCCCCCC(=O)CBr)C(C)C)C[C@@]3(CO3)[C@@H]2O)O[C@@H]1C. The third kappa shape index (κ3) is 18.8. The monoisotopic (exact) mass is 949 g/mol. The smallest absolute Gasteiger partial charge is 0.303 e. The van der Waals surface area contributed by atoms with Gasteiger partial charge in [0.1, 0.15) is 29.7 Å². The quantitative estimate of drug-likeness (QED) is 0.0223. The number of unbranched alkanes of at least 4 members (excludes halogenated alkanes) is 3. The van der Waals surface area contributed by atoms with Crippen molar-refractivity contribution in [2.75, 3.05) is 18.5 Å². The van der Waals surface area contributed by atoms with Gasteiger partial charge >= 0.3 is 5.97 Å². The summed E-state index contributed by atoms with van der Waals surface area (Å²) in [5.41, 5.74) is 0.134. The van der Waals surface area contributed by atoms with Crippen LogP contribution in [0.15, 0.2) is 36.0 Å². The summed E-state index contributed by atoms with van der Waals surface area (Å²) >= 11 is 3.16. The van der Waals surface area contributed by atoms with E-state index in [-0.39, 0.29) is 85.1 Å². The molecule has 0 aliphatic carbocycles. The number of hydrogen-bond acceptors (Lipinski definition) is 12. The first-order chi connectivity index (χ1) is 29.7. The first kappa shape index (κ1) is 53.8. The molecule has 0 saturated carbocycles. The van der Waals surface area contributed by atoms with Gasteiger partial charge in [-0.3, -0.25) is 33.6 Å². The predicted molar refractivity (Wildman–Crippen MR) is 241 cm³/mol. The molecule has 0 aromatic rings. The maximum atomic E-state index is 13.2. The Morgan fingerprint density at radius 1 is 0.937 bits per heavy atom. The number of alkyl halides is 1. The first-order valence-corrected chi connectivity index (χ1v) is 23.7. The molecule has 3 heterocycles. The highest BCUT2D eigenvalue weighted by atomic mass is 79.9. The molecule has 15 nitrogen and oxygen atoms in total. The van der Waals surface area contributed by atoms with E-state index in [1.165, 1.54) is 19.1 Å². The van der Waals surface area contributed by atoms with E-state index in [0.29, 0.717) is 37.6 Å². The summed E-state index contributed by atoms with van der Waals surface area (Å²) < 4.78 is 23.2. The van der Waals surface area contributed by atoms with Gasteiger partial charge in [-0.2, -0.15) is 0 Å². The summed E-state index contributed by atoms with van der Waals surface area (Å²) in [4.78, 5) is 87.0. The Balaban J connectivity index is 1.43. The largest absolute Gasteiger partial charge is 0.459 e. The number of aliphatic hydroxyl groups is 1. The zero-order valence-corrected chi connectivity index (χ0v) is 40.0. The van der Waals surface area contributed by atoms with Crippen LogP contribution in [0.4, 0.5) is 0 Å². The minimum atomic E-state index is -0.924. The molecule has 4 N–H and O–H groups in total. The fourth-order valence-electron chi connectivity index (χ4n) is 7.99. The molecule has 3 aliphatic rings. The second kappa shape index (κ2) is 26.4. The Kier molecular flexibility index (Phi) is 22.5. The number of epoxide rings is 1. The fourth-order valence-corrected chi connectivity index (χ4v) is 8.27. The lowest BCUT2D eigenvalue weighted by Crippen LogP contribution is -2.50. The number of allylic oxidation sites excluding steroid dienone is 2. The van der Waals surface area contributed by atoms with Crippen molar-refractivity contribution in [2.45, 2.75) is 180 Å². The number of carbonyl (C=O) groups is 7. The van der Waals surface area contributed by atoms with E-state index < -0.39 is 53.9 Å². The van der Waals surface area contributed by atoms with E-state index in [0.717, 1.165) is 31.3 Å². The molecule has 1 spiro atoms. The van der Waals surface area contributed by atoms with Gasteiger partial charge < -0.3 is 40.0 Å². The van der Waals surface area contributed by atoms with Crippen LogP contribution >= 0.6 is 15.9 Å². The van der Waals surface area contributed by atoms with E-state index in [1.807, 2.05) is 33.8 Å². The summed E-state index contributed by atoms with van der Waals surface area (Å²) in [7, 11) is 0. The van der Waals surface area contributed by atoms with Crippen molar-refractivity contribution in [1.29, 1.82) is 0 Å². The predicted octanol–water partition coefficient (Wildman–Crippen LogP) is 5.09. The maximum Gasteiger partial charge on any atom is 0.303 e. The highest BCUT2D eigenvalue weighted by Gasteiger charge is 2.58. The summed E-state index contributed by atoms with van der Waals surface area (Å²) in [6.45, 7) is 14.3. The molecular formula is C47H72BrN3O12. The van der Waals surface area contributed by atoms with Crippen LogP contribution in [0.5, 0.6) is 0 Å². The maximum absolute atomic E-state index is 13.2. The molecule has 0 aromatic heterocycles. The molecular weight excluding hydrogens is 878 g/mol. The minimum Gasteiger partial charge on any atom is -0.459 e. The molecule has 0 aromatic carbocycles. The standard InChI is InChI=1S/C47H72BrN3O12/c1-28(2)44(51-42(56)14-12-10-9-11-13-35(53)25-48)39(55)22-31(5)46(59)49-26-36(54)23-37-24-47(27-60-47)45(58)41(63-37)19-16-29(3)15-18-40-30(4)21-38(33(7)62-40)50-43(57)20-17-32(6)61-34(8)52/h15-17,19-20,28,30-33,37-38,40-41,44-45,58H,9-14,18,21-27H2,1-8H3,(H,49,59)(H,50,57)(H,51,56)/b19-16+,20-17-,29-15+/t30-,31+,32-,33+,37+,38+,40-,41+,44-,45+,47+/m0/s1. The number of rotatable bonds is 26. The number of ether oxygens (including phenoxy) is 4. The molecule has 3 aliphatic heterocycles. The van der Waals surface area contributed by atoms with E-state index in [1.54, 1.807) is 19.9 Å². The van der Waals surface area contributed by atoms with Crippen LogP contribution in [0.3, 0.4) is 0 Å². The van der Waals surface area contributed by atoms with Crippen LogP contribution in [0, 0.1) is 17.8 Å². The van der Waals surface area contributed by atoms with E-state index in [2.05, 4.69) is 44.9 Å². The van der Waals surface area contributed by atoms with Gasteiger partial charge in [-0.25, -0.2) is 0 Å². The van der Waals surface area contributed by atoms with Gasteiger partial charge in [-0.1, -0.05) is 80.3 Å². The first-order valence-electron chi connectivity index (χ1n) is 22.6. The summed E-state index contributed by atoms with van der Waals surface area (Å²) in [5.74, 6) is -2.47. The van der Waals surface area contributed by atoms with Crippen LogP contribution in [-0.2, 0) is 52.5 Å². The number of carbonyl (C=O) groups excluding carboxylic acids is 7. The molecule has 63 heavy (non-hydrogen) atoms. The topological polar surface area (TPSA) is 216 Å². The number of Topliss-reactive ketones (excluding diaryl/α,β-unsaturated/α-hetero) is 3. The van der Waals surface area contributed by atoms with Gasteiger partial charge in [0.25, 0.3) is 0 Å². The van der Waals surface area contributed by atoms with Gasteiger partial charge in [0.05, 0.1) is 48.9 Å². The van der Waals surface area contributed by atoms with Crippen molar-refractivity contribution in [1.82, 2.24) is 16.0 Å². The number of hydrogen-bond donors (Lipinski definition) is 4. The Bertz CT molecular complexity index is 1680. The summed E-state index contributed by atoms with van der Waals surface area (Å²) in [6.07, 6.45) is 11.1. The van der Waals surface area contributed by atoms with Crippen molar-refractivity contribution < 1.29 is 57.6 Å².